The molecule has 0 spiro atoms. The minimum absolute atomic E-state index is 0.746. The van der Waals surface area contributed by atoms with Gasteiger partial charge in [0.25, 0.3) is 0 Å². The fourth-order valence-electron chi connectivity index (χ4n) is 1.83. The highest BCUT2D eigenvalue weighted by molar-refractivity contribution is 5.10. The van der Waals surface area contributed by atoms with Crippen molar-refractivity contribution in [2.24, 2.45) is 7.05 Å². The van der Waals surface area contributed by atoms with E-state index >= 15 is 0 Å². The second-order valence-corrected chi connectivity index (χ2v) is 4.30. The van der Waals surface area contributed by atoms with Crippen LogP contribution in [0.4, 0.5) is 0 Å². The van der Waals surface area contributed by atoms with Gasteiger partial charge in [-0.05, 0) is 25.5 Å². The van der Waals surface area contributed by atoms with Crippen LogP contribution in [0.2, 0.25) is 0 Å². The Bertz CT molecular complexity index is 518. The van der Waals surface area contributed by atoms with Gasteiger partial charge in [0.1, 0.15) is 5.82 Å². The van der Waals surface area contributed by atoms with E-state index in [4.69, 9.17) is 0 Å². The van der Waals surface area contributed by atoms with Crippen molar-refractivity contribution < 1.29 is 0 Å². The van der Waals surface area contributed by atoms with Crippen molar-refractivity contribution in [3.63, 3.8) is 0 Å². The second kappa shape index (κ2) is 5.73. The zero-order chi connectivity index (χ0) is 13.0. The molecule has 0 unspecified atom stereocenters. The number of nitrogens with one attached hydrogen (secondary N) is 1. The zero-order valence-corrected chi connectivity index (χ0v) is 11.1. The summed E-state index contributed by atoms with van der Waals surface area (Å²) in [4.78, 5) is 8.43. The molecular formula is C13H19N5. The van der Waals surface area contributed by atoms with Crippen LogP contribution >= 0.6 is 0 Å². The molecule has 0 atom stereocenters. The summed E-state index contributed by atoms with van der Waals surface area (Å²) < 4.78 is 1.93. The minimum atomic E-state index is 0.746. The van der Waals surface area contributed by atoms with Gasteiger partial charge in [-0.2, -0.15) is 5.10 Å². The summed E-state index contributed by atoms with van der Waals surface area (Å²) in [6.45, 7) is 5.56. The Morgan fingerprint density at radius 2 is 2.11 bits per heavy atom. The summed E-state index contributed by atoms with van der Waals surface area (Å²) in [6, 6.07) is 4.07. The molecule has 0 saturated heterocycles. The minimum Gasteiger partial charge on any atom is -0.306 e. The van der Waals surface area contributed by atoms with E-state index in [-0.39, 0.29) is 0 Å². The average Bonchev–Trinajstić information content (AvgIpc) is 2.71. The average molecular weight is 245 g/mol. The van der Waals surface area contributed by atoms with Crippen LogP contribution in [-0.2, 0) is 26.6 Å². The largest absolute Gasteiger partial charge is 0.306 e. The smallest absolute Gasteiger partial charge is 0.125 e. The third-order valence-corrected chi connectivity index (χ3v) is 2.84. The molecule has 2 aromatic rings. The van der Waals surface area contributed by atoms with Crippen LogP contribution in [-0.4, -0.2) is 19.7 Å². The summed E-state index contributed by atoms with van der Waals surface area (Å²) in [5, 5.41) is 7.79. The van der Waals surface area contributed by atoms with Gasteiger partial charge < -0.3 is 5.32 Å². The van der Waals surface area contributed by atoms with E-state index in [2.05, 4.69) is 33.4 Å². The summed E-state index contributed by atoms with van der Waals surface area (Å²) in [5.74, 6) is 0.808. The fraction of sp³-hybridized carbons (Fsp3) is 0.462. The third-order valence-electron chi connectivity index (χ3n) is 2.84. The highest BCUT2D eigenvalue weighted by atomic mass is 15.3. The van der Waals surface area contributed by atoms with Crippen molar-refractivity contribution in [3.05, 3.63) is 41.2 Å². The van der Waals surface area contributed by atoms with Crippen LogP contribution in [0.25, 0.3) is 0 Å². The molecule has 0 radical (unpaired) electrons. The number of aromatic nitrogens is 4. The van der Waals surface area contributed by atoms with E-state index in [0.717, 1.165) is 36.7 Å². The van der Waals surface area contributed by atoms with E-state index in [1.165, 1.54) is 5.69 Å². The molecule has 0 saturated carbocycles. The standard InChI is InChI=1S/C13H19N5/c1-4-11-7-13(18(3)17-11)9-14-8-12-5-6-15-10(2)16-12/h5-7,14H,4,8-9H2,1-3H3. The van der Waals surface area contributed by atoms with Gasteiger partial charge in [0.15, 0.2) is 0 Å². The van der Waals surface area contributed by atoms with Gasteiger partial charge in [0.05, 0.1) is 17.1 Å². The molecule has 2 rings (SSSR count). The van der Waals surface area contributed by atoms with E-state index in [9.17, 15) is 0 Å². The van der Waals surface area contributed by atoms with Crippen LogP contribution in [0, 0.1) is 6.92 Å². The maximum absolute atomic E-state index is 4.42. The molecule has 2 aromatic heterocycles. The Hall–Kier alpha value is -1.75. The normalized spacial score (nSPS) is 10.8. The molecule has 96 valence electrons. The van der Waals surface area contributed by atoms with Gasteiger partial charge in [0, 0.05) is 26.3 Å². The Balaban J connectivity index is 1.90. The lowest BCUT2D eigenvalue weighted by molar-refractivity contribution is 0.616. The molecular weight excluding hydrogens is 226 g/mol. The van der Waals surface area contributed by atoms with Crippen LogP contribution in [0.15, 0.2) is 18.3 Å². The lowest BCUT2D eigenvalue weighted by Gasteiger charge is -2.05. The molecule has 18 heavy (non-hydrogen) atoms. The quantitative estimate of drug-likeness (QED) is 0.864. The van der Waals surface area contributed by atoms with Crippen LogP contribution in [0.3, 0.4) is 0 Å². The van der Waals surface area contributed by atoms with Gasteiger partial charge in [0.2, 0.25) is 0 Å². The topological polar surface area (TPSA) is 55.6 Å². The van der Waals surface area contributed by atoms with Crippen LogP contribution < -0.4 is 5.32 Å². The summed E-state index contributed by atoms with van der Waals surface area (Å²) in [5.41, 5.74) is 3.34. The van der Waals surface area contributed by atoms with Crippen molar-refractivity contribution in [3.8, 4) is 0 Å². The number of rotatable bonds is 5. The molecule has 0 amide bonds. The molecule has 0 aliphatic rings. The molecule has 2 heterocycles. The molecule has 0 aliphatic carbocycles. The van der Waals surface area contributed by atoms with Gasteiger partial charge in [-0.25, -0.2) is 9.97 Å². The third kappa shape index (κ3) is 3.13. The first-order valence-corrected chi connectivity index (χ1v) is 6.20. The highest BCUT2D eigenvalue weighted by Crippen LogP contribution is 2.04. The van der Waals surface area contributed by atoms with Crippen molar-refractivity contribution >= 4 is 0 Å². The second-order valence-electron chi connectivity index (χ2n) is 4.30. The predicted octanol–water partition coefficient (Wildman–Crippen LogP) is 1.37. The lowest BCUT2D eigenvalue weighted by Crippen LogP contribution is -2.16. The van der Waals surface area contributed by atoms with Gasteiger partial charge in [-0.15, -0.1) is 0 Å². The maximum Gasteiger partial charge on any atom is 0.125 e. The molecule has 0 aliphatic heterocycles. The van der Waals surface area contributed by atoms with E-state index in [1.807, 2.05) is 24.7 Å². The first kappa shape index (κ1) is 12.7. The van der Waals surface area contributed by atoms with E-state index < -0.39 is 0 Å². The van der Waals surface area contributed by atoms with E-state index in [0.29, 0.717) is 0 Å². The zero-order valence-electron chi connectivity index (χ0n) is 11.1. The van der Waals surface area contributed by atoms with Crippen molar-refractivity contribution in [2.75, 3.05) is 0 Å². The predicted molar refractivity (Wildman–Crippen MR) is 69.9 cm³/mol. The number of hydrogen-bond donors (Lipinski definition) is 1. The first-order valence-electron chi connectivity index (χ1n) is 6.20. The monoisotopic (exact) mass is 245 g/mol. The Kier molecular flexibility index (Phi) is 4.04. The molecule has 5 nitrogen and oxygen atoms in total. The number of nitrogens with zero attached hydrogens (tertiary/aromatic N) is 4. The van der Waals surface area contributed by atoms with Gasteiger partial charge in [-0.3, -0.25) is 4.68 Å². The number of hydrogen-bond acceptors (Lipinski definition) is 4. The molecule has 1 N–H and O–H groups in total. The Labute approximate surface area is 107 Å². The SMILES string of the molecule is CCc1cc(CNCc2ccnc(C)n2)n(C)n1. The Morgan fingerprint density at radius 3 is 2.78 bits per heavy atom. The summed E-state index contributed by atoms with van der Waals surface area (Å²) >= 11 is 0. The highest BCUT2D eigenvalue weighted by Gasteiger charge is 2.03. The van der Waals surface area contributed by atoms with E-state index in [1.54, 1.807) is 6.20 Å². The van der Waals surface area contributed by atoms with Crippen molar-refractivity contribution in [2.45, 2.75) is 33.4 Å². The summed E-state index contributed by atoms with van der Waals surface area (Å²) in [6.07, 6.45) is 2.76. The van der Waals surface area contributed by atoms with Crippen LogP contribution in [0.5, 0.6) is 0 Å². The Morgan fingerprint density at radius 1 is 1.28 bits per heavy atom. The lowest BCUT2D eigenvalue weighted by atomic mass is 10.3. The molecule has 0 aromatic carbocycles. The molecule has 0 fully saturated rings. The van der Waals surface area contributed by atoms with Gasteiger partial charge >= 0.3 is 0 Å². The fourth-order valence-corrected chi connectivity index (χ4v) is 1.83. The number of aryl methyl sites for hydroxylation is 3. The first-order chi connectivity index (χ1) is 8.69. The van der Waals surface area contributed by atoms with Gasteiger partial charge in [-0.1, -0.05) is 6.92 Å². The van der Waals surface area contributed by atoms with Crippen molar-refractivity contribution in [1.29, 1.82) is 0 Å². The van der Waals surface area contributed by atoms with Crippen molar-refractivity contribution in [1.82, 2.24) is 25.1 Å². The molecule has 5 heteroatoms. The molecule has 0 bridgehead atoms. The summed E-state index contributed by atoms with van der Waals surface area (Å²) in [7, 11) is 1.98. The maximum atomic E-state index is 4.42. The van der Waals surface area contributed by atoms with Crippen LogP contribution in [0.1, 0.15) is 29.8 Å².